The van der Waals surface area contributed by atoms with Crippen molar-refractivity contribution in [3.05, 3.63) is 24.3 Å². The number of nitrogens with two attached hydrogens (primary N) is 1. The Kier molecular flexibility index (Phi) is 5.98. The molecule has 3 N–H and O–H groups in total. The number of methoxy groups -OCH3 is 1. The van der Waals surface area contributed by atoms with E-state index in [-0.39, 0.29) is 5.91 Å². The molecule has 6 heteroatoms. The molecule has 1 fully saturated rings. The fourth-order valence-electron chi connectivity index (χ4n) is 2.49. The average Bonchev–Trinajstić information content (AvgIpc) is 2.50. The van der Waals surface area contributed by atoms with Crippen molar-refractivity contribution in [1.82, 2.24) is 9.80 Å². The van der Waals surface area contributed by atoms with Gasteiger partial charge in [-0.05, 0) is 12.1 Å². The Hall–Kier alpha value is -1.63. The molecular formula is C15H24N4O2. The number of ether oxygens (including phenoxy) is 1. The largest absolute Gasteiger partial charge is 0.495 e. The van der Waals surface area contributed by atoms with Crippen LogP contribution in [0.15, 0.2) is 24.3 Å². The van der Waals surface area contributed by atoms with Crippen LogP contribution in [0.25, 0.3) is 0 Å². The number of amides is 1. The smallest absolute Gasteiger partial charge is 0.238 e. The van der Waals surface area contributed by atoms with Gasteiger partial charge in [-0.3, -0.25) is 14.6 Å². The number of rotatable bonds is 6. The molecule has 0 atom stereocenters. The number of hydrogen-bond acceptors (Lipinski definition) is 5. The lowest BCUT2D eigenvalue weighted by Gasteiger charge is -2.33. The Bertz CT molecular complexity index is 459. The first kappa shape index (κ1) is 15.8. The molecule has 6 nitrogen and oxygen atoms in total. The maximum Gasteiger partial charge on any atom is 0.238 e. The van der Waals surface area contributed by atoms with Crippen molar-refractivity contribution in [2.45, 2.75) is 0 Å². The van der Waals surface area contributed by atoms with Crippen LogP contribution < -0.4 is 15.8 Å². The second-order valence-electron chi connectivity index (χ2n) is 5.15. The fourth-order valence-corrected chi connectivity index (χ4v) is 2.49. The summed E-state index contributed by atoms with van der Waals surface area (Å²) in [7, 11) is 1.60. The first-order chi connectivity index (χ1) is 10.2. The number of para-hydroxylation sites is 2. The van der Waals surface area contributed by atoms with Crippen LogP contribution in [0.3, 0.4) is 0 Å². The third-order valence-electron chi connectivity index (χ3n) is 3.66. The first-order valence-corrected chi connectivity index (χ1v) is 7.30. The Labute approximate surface area is 125 Å². The molecule has 1 saturated heterocycles. The number of benzene rings is 1. The van der Waals surface area contributed by atoms with Crippen LogP contribution >= 0.6 is 0 Å². The van der Waals surface area contributed by atoms with E-state index in [0.29, 0.717) is 24.5 Å². The molecule has 0 bridgehead atoms. The number of carbonyl (C=O) groups excluding carboxylic acids is 1. The van der Waals surface area contributed by atoms with Crippen molar-refractivity contribution in [3.63, 3.8) is 0 Å². The predicted molar refractivity (Wildman–Crippen MR) is 83.6 cm³/mol. The van der Waals surface area contributed by atoms with Gasteiger partial charge in [0.15, 0.2) is 0 Å². The van der Waals surface area contributed by atoms with Gasteiger partial charge in [0, 0.05) is 39.3 Å². The monoisotopic (exact) mass is 292 g/mol. The van der Waals surface area contributed by atoms with Gasteiger partial charge in [-0.2, -0.15) is 0 Å². The van der Waals surface area contributed by atoms with Crippen molar-refractivity contribution in [3.8, 4) is 5.75 Å². The van der Waals surface area contributed by atoms with Gasteiger partial charge in [-0.15, -0.1) is 0 Å². The number of piperazine rings is 1. The second kappa shape index (κ2) is 7.97. The van der Waals surface area contributed by atoms with E-state index >= 15 is 0 Å². The molecule has 0 spiro atoms. The highest BCUT2D eigenvalue weighted by Crippen LogP contribution is 2.22. The lowest BCUT2D eigenvalue weighted by molar-refractivity contribution is -0.117. The Morgan fingerprint density at radius 2 is 1.90 bits per heavy atom. The van der Waals surface area contributed by atoms with E-state index in [1.807, 2.05) is 24.3 Å². The summed E-state index contributed by atoms with van der Waals surface area (Å²) in [5, 5.41) is 2.91. The van der Waals surface area contributed by atoms with Gasteiger partial charge in [-0.1, -0.05) is 12.1 Å². The van der Waals surface area contributed by atoms with E-state index in [0.717, 1.165) is 32.7 Å². The van der Waals surface area contributed by atoms with Gasteiger partial charge in [-0.25, -0.2) is 0 Å². The molecule has 1 aromatic rings. The van der Waals surface area contributed by atoms with Gasteiger partial charge in [0.2, 0.25) is 5.91 Å². The zero-order chi connectivity index (χ0) is 15.1. The molecule has 116 valence electrons. The lowest BCUT2D eigenvalue weighted by Crippen LogP contribution is -2.49. The van der Waals surface area contributed by atoms with Crippen molar-refractivity contribution in [2.75, 3.05) is 58.2 Å². The van der Waals surface area contributed by atoms with Gasteiger partial charge >= 0.3 is 0 Å². The van der Waals surface area contributed by atoms with E-state index < -0.39 is 0 Å². The molecule has 0 aromatic heterocycles. The van der Waals surface area contributed by atoms with E-state index in [9.17, 15) is 4.79 Å². The maximum atomic E-state index is 12.1. The normalized spacial score (nSPS) is 16.7. The number of hydrogen-bond donors (Lipinski definition) is 2. The minimum atomic E-state index is -0.00762. The molecule has 1 aromatic carbocycles. The second-order valence-corrected chi connectivity index (χ2v) is 5.15. The van der Waals surface area contributed by atoms with Gasteiger partial charge in [0.05, 0.1) is 19.3 Å². The van der Waals surface area contributed by atoms with Crippen LogP contribution in [0.2, 0.25) is 0 Å². The summed E-state index contributed by atoms with van der Waals surface area (Å²) in [6, 6.07) is 7.44. The van der Waals surface area contributed by atoms with Crippen molar-refractivity contribution in [1.29, 1.82) is 0 Å². The van der Waals surface area contributed by atoms with E-state index in [2.05, 4.69) is 15.1 Å². The third kappa shape index (κ3) is 4.70. The van der Waals surface area contributed by atoms with Crippen LogP contribution in [-0.4, -0.2) is 68.6 Å². The number of carbonyl (C=O) groups is 1. The van der Waals surface area contributed by atoms with Gasteiger partial charge < -0.3 is 15.8 Å². The Morgan fingerprint density at radius 1 is 1.24 bits per heavy atom. The lowest BCUT2D eigenvalue weighted by atomic mass is 10.2. The molecular weight excluding hydrogens is 268 g/mol. The topological polar surface area (TPSA) is 70.8 Å². The molecule has 2 rings (SSSR count). The molecule has 21 heavy (non-hydrogen) atoms. The summed E-state index contributed by atoms with van der Waals surface area (Å²) in [6.45, 7) is 5.78. The Morgan fingerprint density at radius 3 is 2.57 bits per heavy atom. The van der Waals surface area contributed by atoms with Crippen molar-refractivity contribution >= 4 is 11.6 Å². The van der Waals surface area contributed by atoms with Crippen molar-refractivity contribution in [2.24, 2.45) is 5.73 Å². The number of nitrogens with one attached hydrogen (secondary N) is 1. The van der Waals surface area contributed by atoms with Crippen molar-refractivity contribution < 1.29 is 9.53 Å². The summed E-state index contributed by atoms with van der Waals surface area (Å²) in [6.07, 6.45) is 0. The molecule has 0 unspecified atom stereocenters. The Balaban J connectivity index is 1.80. The zero-order valence-electron chi connectivity index (χ0n) is 12.5. The summed E-state index contributed by atoms with van der Waals surface area (Å²) in [4.78, 5) is 16.6. The number of anilines is 1. The van der Waals surface area contributed by atoms with Crippen LogP contribution in [0.4, 0.5) is 5.69 Å². The van der Waals surface area contributed by atoms with E-state index in [4.69, 9.17) is 10.5 Å². The van der Waals surface area contributed by atoms with Crippen LogP contribution in [0.5, 0.6) is 5.75 Å². The van der Waals surface area contributed by atoms with Crippen LogP contribution in [-0.2, 0) is 4.79 Å². The molecule has 1 aliphatic rings. The highest BCUT2D eigenvalue weighted by atomic mass is 16.5. The summed E-state index contributed by atoms with van der Waals surface area (Å²) >= 11 is 0. The maximum absolute atomic E-state index is 12.1. The highest BCUT2D eigenvalue weighted by molar-refractivity contribution is 5.93. The van der Waals surface area contributed by atoms with Crippen LogP contribution in [0.1, 0.15) is 0 Å². The summed E-state index contributed by atoms with van der Waals surface area (Å²) < 4.78 is 5.23. The molecule has 1 aliphatic heterocycles. The molecule has 0 saturated carbocycles. The highest BCUT2D eigenvalue weighted by Gasteiger charge is 2.18. The molecule has 1 heterocycles. The summed E-state index contributed by atoms with van der Waals surface area (Å²) in [5.74, 6) is 0.672. The first-order valence-electron chi connectivity index (χ1n) is 7.30. The molecule has 1 amide bonds. The van der Waals surface area contributed by atoms with Gasteiger partial charge in [0.25, 0.3) is 0 Å². The standard InChI is InChI=1S/C15H24N4O2/c1-21-14-5-3-2-4-13(14)17-15(20)12-19-10-8-18(7-6-16)9-11-19/h2-5H,6-12,16H2,1H3,(H,17,20). The minimum Gasteiger partial charge on any atom is -0.495 e. The fraction of sp³-hybridized carbons (Fsp3) is 0.533. The predicted octanol–water partition coefficient (Wildman–Crippen LogP) is 0.210. The van der Waals surface area contributed by atoms with Gasteiger partial charge in [0.1, 0.15) is 5.75 Å². The van der Waals surface area contributed by atoms with E-state index in [1.54, 1.807) is 7.11 Å². The number of nitrogens with zero attached hydrogens (tertiary/aromatic N) is 2. The third-order valence-corrected chi connectivity index (χ3v) is 3.66. The average molecular weight is 292 g/mol. The summed E-state index contributed by atoms with van der Waals surface area (Å²) in [5.41, 5.74) is 6.27. The zero-order valence-corrected chi connectivity index (χ0v) is 12.5. The van der Waals surface area contributed by atoms with Crippen LogP contribution in [0, 0.1) is 0 Å². The molecule has 0 radical (unpaired) electrons. The molecule has 0 aliphatic carbocycles. The SMILES string of the molecule is COc1ccccc1NC(=O)CN1CCN(CCN)CC1. The van der Waals surface area contributed by atoms with E-state index in [1.165, 1.54) is 0 Å². The quantitative estimate of drug-likeness (QED) is 0.784. The minimum absolute atomic E-state index is 0.00762.